The number of carbonyl (C=O) groups excluding carboxylic acids is 8. The third-order valence-electron chi connectivity index (χ3n) is 5.90. The highest BCUT2D eigenvalue weighted by Crippen LogP contribution is 2.22. The molecule has 2 unspecified atom stereocenters. The van der Waals surface area contributed by atoms with Gasteiger partial charge in [0.15, 0.2) is 0 Å². The molecule has 15 nitrogen and oxygen atoms in total. The van der Waals surface area contributed by atoms with Crippen LogP contribution in [0.4, 0.5) is 4.79 Å². The number of likely N-dealkylation sites (tertiary alicyclic amines) is 1. The zero-order chi connectivity index (χ0) is 29.4. The lowest BCUT2D eigenvalue weighted by Crippen LogP contribution is -2.51. The van der Waals surface area contributed by atoms with Crippen molar-refractivity contribution in [3.8, 4) is 0 Å². The van der Waals surface area contributed by atoms with Gasteiger partial charge in [-0.2, -0.15) is 0 Å². The molecular formula is C24H39N7O8. The second-order valence-corrected chi connectivity index (χ2v) is 9.15. The molecule has 1 rings (SSSR count). The van der Waals surface area contributed by atoms with Crippen LogP contribution in [0.25, 0.3) is 0 Å². The van der Waals surface area contributed by atoms with E-state index in [9.17, 15) is 38.4 Å². The molecular weight excluding hydrogens is 514 g/mol. The number of urea groups is 1. The first-order valence-corrected chi connectivity index (χ1v) is 12.9. The van der Waals surface area contributed by atoms with Crippen molar-refractivity contribution >= 4 is 47.3 Å². The van der Waals surface area contributed by atoms with Gasteiger partial charge >= 0.3 is 6.03 Å². The summed E-state index contributed by atoms with van der Waals surface area (Å²) < 4.78 is 0. The van der Waals surface area contributed by atoms with Crippen LogP contribution in [0.15, 0.2) is 0 Å². The molecule has 1 saturated heterocycles. The van der Waals surface area contributed by atoms with Gasteiger partial charge in [-0.1, -0.05) is 6.92 Å². The highest BCUT2D eigenvalue weighted by Gasteiger charge is 2.36. The molecule has 0 aromatic carbocycles. The Bertz CT molecular complexity index is 939. The Hall–Kier alpha value is -4.04. The number of hydrogen-bond donors (Lipinski definition) is 6. The summed E-state index contributed by atoms with van der Waals surface area (Å²) in [4.78, 5) is 96.0. The molecule has 0 saturated carbocycles. The van der Waals surface area contributed by atoms with Crippen molar-refractivity contribution in [2.24, 2.45) is 11.7 Å². The number of hydrogen-bond acceptors (Lipinski definition) is 8. The second-order valence-electron chi connectivity index (χ2n) is 9.15. The molecule has 1 heterocycles. The van der Waals surface area contributed by atoms with Gasteiger partial charge in [0.1, 0.15) is 11.8 Å². The Morgan fingerprint density at radius 2 is 1.59 bits per heavy atom. The van der Waals surface area contributed by atoms with E-state index in [0.717, 1.165) is 4.90 Å². The molecule has 0 radical (unpaired) electrons. The smallest absolute Gasteiger partial charge is 0.312 e. The van der Waals surface area contributed by atoms with Crippen molar-refractivity contribution in [3.05, 3.63) is 0 Å². The van der Waals surface area contributed by atoms with Crippen LogP contribution in [0, 0.1) is 5.92 Å². The molecule has 2 atom stereocenters. The van der Waals surface area contributed by atoms with Crippen molar-refractivity contribution in [1.29, 1.82) is 0 Å². The number of primary amides is 1. The van der Waals surface area contributed by atoms with Gasteiger partial charge in [-0.05, 0) is 32.6 Å². The summed E-state index contributed by atoms with van der Waals surface area (Å²) in [5.41, 5.74) is 5.01. The molecule has 39 heavy (non-hydrogen) atoms. The molecule has 0 spiro atoms. The molecule has 8 amide bonds. The molecule has 15 heteroatoms. The maximum absolute atomic E-state index is 12.6. The van der Waals surface area contributed by atoms with E-state index < -0.39 is 42.2 Å². The minimum absolute atomic E-state index is 0.0113. The van der Waals surface area contributed by atoms with E-state index in [4.69, 9.17) is 5.73 Å². The maximum atomic E-state index is 12.6. The highest BCUT2D eigenvalue weighted by molar-refractivity contribution is 6.03. The summed E-state index contributed by atoms with van der Waals surface area (Å²) in [6.07, 6.45) is 1.53. The SMILES string of the molecule is CCC1CC(=O)N(CCCC(=O)NCC(=O)NC(CCCNC(N)=O)C(=O)NCC(=O)NCCC(C)=O)C1=O. The van der Waals surface area contributed by atoms with Crippen molar-refractivity contribution < 1.29 is 38.4 Å². The molecule has 218 valence electrons. The number of amides is 8. The predicted octanol–water partition coefficient (Wildman–Crippen LogP) is -2.19. The first-order chi connectivity index (χ1) is 18.4. The number of nitrogens with zero attached hydrogens (tertiary/aromatic N) is 1. The third-order valence-corrected chi connectivity index (χ3v) is 5.90. The zero-order valence-corrected chi connectivity index (χ0v) is 22.4. The Balaban J connectivity index is 2.48. The third kappa shape index (κ3) is 13.4. The fourth-order valence-corrected chi connectivity index (χ4v) is 3.73. The number of carbonyl (C=O) groups is 8. The van der Waals surface area contributed by atoms with Gasteiger partial charge < -0.3 is 32.3 Å². The summed E-state index contributed by atoms with van der Waals surface area (Å²) in [5, 5.41) is 12.2. The van der Waals surface area contributed by atoms with E-state index in [2.05, 4.69) is 26.6 Å². The Morgan fingerprint density at radius 1 is 0.897 bits per heavy atom. The molecule has 0 aliphatic carbocycles. The van der Waals surface area contributed by atoms with Gasteiger partial charge in [0.05, 0.1) is 13.1 Å². The first kappa shape index (κ1) is 33.0. The average Bonchev–Trinajstić information content (AvgIpc) is 3.15. The standard InChI is InChI=1S/C24H39N7O8/c1-3-16-12-21(36)31(23(16)38)11-5-7-18(33)28-14-20(35)30-17(6-4-9-27-24(25)39)22(37)29-13-19(34)26-10-8-15(2)32/h16-17H,3-14H2,1-2H3,(H,26,34)(H,28,33)(H,29,37)(H,30,35)(H3,25,27,39). The lowest BCUT2D eigenvalue weighted by molar-refractivity contribution is -0.140. The molecule has 1 fully saturated rings. The number of imide groups is 1. The monoisotopic (exact) mass is 553 g/mol. The van der Waals surface area contributed by atoms with Crippen LogP contribution in [0.1, 0.15) is 58.8 Å². The van der Waals surface area contributed by atoms with Gasteiger partial charge in [0, 0.05) is 44.8 Å². The van der Waals surface area contributed by atoms with Gasteiger partial charge in [-0.15, -0.1) is 0 Å². The van der Waals surface area contributed by atoms with E-state index in [1.807, 2.05) is 6.92 Å². The summed E-state index contributed by atoms with van der Waals surface area (Å²) in [7, 11) is 0. The van der Waals surface area contributed by atoms with Gasteiger partial charge in [-0.3, -0.25) is 38.5 Å². The van der Waals surface area contributed by atoms with Crippen molar-refractivity contribution in [1.82, 2.24) is 31.5 Å². The van der Waals surface area contributed by atoms with Gasteiger partial charge in [-0.25, -0.2) is 4.79 Å². The maximum Gasteiger partial charge on any atom is 0.312 e. The minimum Gasteiger partial charge on any atom is -0.354 e. The van der Waals surface area contributed by atoms with Crippen LogP contribution in [0.5, 0.6) is 0 Å². The topological polar surface area (TPSA) is 226 Å². The fourth-order valence-electron chi connectivity index (χ4n) is 3.73. The van der Waals surface area contributed by atoms with Crippen LogP contribution in [0.3, 0.4) is 0 Å². The Kier molecular flexibility index (Phi) is 14.8. The fraction of sp³-hybridized carbons (Fsp3) is 0.667. The largest absolute Gasteiger partial charge is 0.354 e. The first-order valence-electron chi connectivity index (χ1n) is 12.9. The molecule has 1 aliphatic rings. The molecule has 0 bridgehead atoms. The Morgan fingerprint density at radius 3 is 2.21 bits per heavy atom. The Labute approximate surface area is 226 Å². The summed E-state index contributed by atoms with van der Waals surface area (Å²) in [6, 6.07) is -1.80. The van der Waals surface area contributed by atoms with Crippen LogP contribution in [0.2, 0.25) is 0 Å². The minimum atomic E-state index is -1.06. The van der Waals surface area contributed by atoms with Gasteiger partial charge in [0.2, 0.25) is 35.4 Å². The van der Waals surface area contributed by atoms with Crippen LogP contribution in [-0.2, 0) is 33.6 Å². The molecule has 7 N–H and O–H groups in total. The second kappa shape index (κ2) is 17.5. The number of rotatable bonds is 18. The number of Topliss-reactive ketones (excluding diaryl/α,β-unsaturated/α-hetero) is 1. The lowest BCUT2D eigenvalue weighted by Gasteiger charge is -2.19. The van der Waals surface area contributed by atoms with E-state index in [0.29, 0.717) is 6.42 Å². The lowest BCUT2D eigenvalue weighted by atomic mass is 10.1. The van der Waals surface area contributed by atoms with E-state index >= 15 is 0 Å². The molecule has 0 aromatic heterocycles. The van der Waals surface area contributed by atoms with E-state index in [1.165, 1.54) is 6.92 Å². The predicted molar refractivity (Wildman–Crippen MR) is 137 cm³/mol. The zero-order valence-electron chi connectivity index (χ0n) is 22.4. The number of ketones is 1. The normalized spacial score (nSPS) is 15.3. The van der Waals surface area contributed by atoms with Crippen molar-refractivity contribution in [2.45, 2.75) is 64.8 Å². The summed E-state index contributed by atoms with van der Waals surface area (Å²) in [5.74, 6) is -3.19. The van der Waals surface area contributed by atoms with Crippen molar-refractivity contribution in [3.63, 3.8) is 0 Å². The average molecular weight is 554 g/mol. The van der Waals surface area contributed by atoms with E-state index in [-0.39, 0.29) is 88.2 Å². The van der Waals surface area contributed by atoms with Crippen LogP contribution < -0.4 is 32.3 Å². The number of nitrogens with one attached hydrogen (secondary N) is 5. The van der Waals surface area contributed by atoms with Crippen molar-refractivity contribution in [2.75, 3.05) is 32.7 Å². The summed E-state index contributed by atoms with van der Waals surface area (Å²) in [6.45, 7) is 2.83. The van der Waals surface area contributed by atoms with Crippen LogP contribution >= 0.6 is 0 Å². The molecule has 1 aliphatic heterocycles. The summed E-state index contributed by atoms with van der Waals surface area (Å²) >= 11 is 0. The van der Waals surface area contributed by atoms with Gasteiger partial charge in [0.25, 0.3) is 0 Å². The number of nitrogens with two attached hydrogens (primary N) is 1. The quantitative estimate of drug-likeness (QED) is 0.0805. The molecule has 0 aromatic rings. The van der Waals surface area contributed by atoms with E-state index in [1.54, 1.807) is 0 Å². The highest BCUT2D eigenvalue weighted by atomic mass is 16.2. The van der Waals surface area contributed by atoms with Crippen LogP contribution in [-0.4, -0.2) is 90.9 Å².